The molecule has 0 fully saturated rings. The van der Waals surface area contributed by atoms with E-state index in [4.69, 9.17) is 0 Å². The van der Waals surface area contributed by atoms with Crippen molar-refractivity contribution in [2.24, 2.45) is 0 Å². The molecular weight excluding hydrogens is 637 g/mol. The van der Waals surface area contributed by atoms with Crippen LogP contribution in [-0.2, 0) is 34.5 Å². The second kappa shape index (κ2) is 10.4. The quantitative estimate of drug-likeness (QED) is 0.140. The fourth-order valence-corrected chi connectivity index (χ4v) is 10.7. The molecule has 1 atom stereocenters. The van der Waals surface area contributed by atoms with Gasteiger partial charge in [-0.05, 0) is 155 Å². The molecule has 1 aromatic heterocycles. The molecule has 0 amide bonds. The third kappa shape index (κ3) is 4.57. The molecule has 5 aromatic carbocycles. The first-order valence-corrected chi connectivity index (χ1v) is 20.5. The molecule has 3 heterocycles. The maximum atomic E-state index is 2.72. The van der Waals surface area contributed by atoms with Gasteiger partial charge in [-0.3, -0.25) is 0 Å². The lowest BCUT2D eigenvalue weighted by molar-refractivity contribution is 0.589. The van der Waals surface area contributed by atoms with Crippen LogP contribution in [0.4, 0.5) is 0 Å². The average molecular weight is 694 g/mol. The monoisotopic (exact) mass is 693 g/mol. The Bertz CT molecular complexity index is 2600. The summed E-state index contributed by atoms with van der Waals surface area (Å²) in [6.07, 6.45) is 4.91. The summed E-state index contributed by atoms with van der Waals surface area (Å²) in [6.45, 7) is 28.8. The third-order valence-electron chi connectivity index (χ3n) is 13.7. The van der Waals surface area contributed by atoms with Crippen molar-refractivity contribution in [2.75, 3.05) is 0 Å². The number of hydrogen-bond acceptors (Lipinski definition) is 0. The van der Waals surface area contributed by atoms with Crippen LogP contribution in [0.3, 0.4) is 0 Å². The van der Waals surface area contributed by atoms with Gasteiger partial charge >= 0.3 is 0 Å². The Morgan fingerprint density at radius 2 is 1.15 bits per heavy atom. The minimum Gasteiger partial charge on any atom is -0.310 e. The normalized spacial score (nSPS) is 17.3. The number of nitrogens with zero attached hydrogens (tertiary/aromatic N) is 1. The van der Waals surface area contributed by atoms with Crippen LogP contribution in [0.5, 0.6) is 0 Å². The Kier molecular flexibility index (Phi) is 6.57. The first-order valence-electron chi connectivity index (χ1n) is 20.5. The van der Waals surface area contributed by atoms with Crippen LogP contribution >= 0.6 is 0 Å². The number of benzene rings is 5. The highest BCUT2D eigenvalue weighted by atomic mass is 15.0. The van der Waals surface area contributed by atoms with Gasteiger partial charge in [0.15, 0.2) is 0 Å². The van der Waals surface area contributed by atoms with Gasteiger partial charge in [0.1, 0.15) is 0 Å². The maximum absolute atomic E-state index is 2.72. The van der Waals surface area contributed by atoms with E-state index in [9.17, 15) is 0 Å². The van der Waals surface area contributed by atoms with E-state index in [0.29, 0.717) is 0 Å². The van der Waals surface area contributed by atoms with E-state index in [2.05, 4.69) is 154 Å². The summed E-state index contributed by atoms with van der Waals surface area (Å²) in [5.41, 5.74) is 25.7. The molecule has 0 spiro atoms. The van der Waals surface area contributed by atoms with Crippen molar-refractivity contribution in [1.29, 1.82) is 0 Å². The summed E-state index contributed by atoms with van der Waals surface area (Å²) in [5, 5.41) is 2.83. The molecule has 4 aliphatic rings. The Hall–Kier alpha value is -4.04. The third-order valence-corrected chi connectivity index (χ3v) is 13.7. The molecule has 53 heavy (non-hydrogen) atoms. The molecule has 0 N–H and O–H groups in total. The van der Waals surface area contributed by atoms with Gasteiger partial charge in [-0.2, -0.15) is 0 Å². The molecule has 2 heteroatoms. The van der Waals surface area contributed by atoms with E-state index < -0.39 is 0 Å². The molecule has 0 bridgehead atoms. The van der Waals surface area contributed by atoms with Crippen LogP contribution in [0, 0.1) is 0 Å². The Balaban J connectivity index is 1.42. The fourth-order valence-electron chi connectivity index (χ4n) is 10.7. The van der Waals surface area contributed by atoms with Gasteiger partial charge in [-0.25, -0.2) is 0 Å². The van der Waals surface area contributed by atoms with Crippen molar-refractivity contribution >= 4 is 39.4 Å². The number of aryl methyl sites for hydroxylation is 1. The Morgan fingerprint density at radius 1 is 0.566 bits per heavy atom. The molecule has 1 nitrogen and oxygen atoms in total. The van der Waals surface area contributed by atoms with E-state index in [1.807, 2.05) is 0 Å². The minimum atomic E-state index is 0.0221. The zero-order valence-corrected chi connectivity index (χ0v) is 34.3. The molecular formula is C51H56BN. The largest absolute Gasteiger partial charge is 0.310 e. The van der Waals surface area contributed by atoms with Gasteiger partial charge in [0.05, 0.1) is 5.52 Å². The highest BCUT2D eigenvalue weighted by Gasteiger charge is 2.50. The molecule has 0 saturated carbocycles. The van der Waals surface area contributed by atoms with Crippen LogP contribution in [0.25, 0.3) is 49.7 Å². The van der Waals surface area contributed by atoms with Crippen LogP contribution in [-0.4, -0.2) is 11.3 Å². The van der Waals surface area contributed by atoms with Crippen LogP contribution < -0.4 is 10.9 Å². The van der Waals surface area contributed by atoms with Gasteiger partial charge < -0.3 is 4.57 Å². The highest BCUT2D eigenvalue weighted by Crippen LogP contribution is 2.57. The summed E-state index contributed by atoms with van der Waals surface area (Å²) in [7, 11) is 0. The lowest BCUT2D eigenvalue weighted by Gasteiger charge is -2.41. The number of rotatable bonds is 0. The van der Waals surface area contributed by atoms with Gasteiger partial charge in [0, 0.05) is 22.0 Å². The minimum absolute atomic E-state index is 0.0221. The van der Waals surface area contributed by atoms with Gasteiger partial charge in [0.25, 0.3) is 0 Å². The summed E-state index contributed by atoms with van der Waals surface area (Å²) < 4.78 is 2.72. The Morgan fingerprint density at radius 3 is 1.85 bits per heavy atom. The predicted molar refractivity (Wildman–Crippen MR) is 230 cm³/mol. The first-order chi connectivity index (χ1) is 24.8. The van der Waals surface area contributed by atoms with E-state index >= 15 is 0 Å². The number of hydrogen-bond donors (Lipinski definition) is 0. The van der Waals surface area contributed by atoms with Crippen LogP contribution in [0.15, 0.2) is 66.7 Å². The van der Waals surface area contributed by atoms with E-state index in [1.165, 1.54) is 103 Å². The van der Waals surface area contributed by atoms with Crippen LogP contribution in [0.2, 0.25) is 0 Å². The average Bonchev–Trinajstić information content (AvgIpc) is 3.59. The Labute approximate surface area is 318 Å². The highest BCUT2D eigenvalue weighted by molar-refractivity contribution is 6.91. The molecule has 2 aliphatic heterocycles. The lowest BCUT2D eigenvalue weighted by Crippen LogP contribution is -2.55. The number of aromatic nitrogens is 1. The zero-order chi connectivity index (χ0) is 37.3. The lowest BCUT2D eigenvalue weighted by atomic mass is 9.28. The second-order valence-corrected chi connectivity index (χ2v) is 21.3. The molecule has 268 valence electrons. The van der Waals surface area contributed by atoms with Crippen molar-refractivity contribution in [3.63, 3.8) is 0 Å². The zero-order valence-electron chi connectivity index (χ0n) is 34.3. The summed E-state index contributed by atoms with van der Waals surface area (Å²) in [4.78, 5) is 0. The maximum Gasteiger partial charge on any atom is 0.227 e. The molecule has 10 rings (SSSR count). The molecule has 1 unspecified atom stereocenters. The van der Waals surface area contributed by atoms with E-state index in [-0.39, 0.29) is 34.2 Å². The summed E-state index contributed by atoms with van der Waals surface area (Å²) in [5.74, 6) is 0.279. The summed E-state index contributed by atoms with van der Waals surface area (Å²) >= 11 is 0. The van der Waals surface area contributed by atoms with Gasteiger partial charge in [-0.1, -0.05) is 126 Å². The van der Waals surface area contributed by atoms with Gasteiger partial charge in [0.2, 0.25) is 6.71 Å². The first kappa shape index (κ1) is 33.5. The molecule has 2 aliphatic carbocycles. The SMILES string of the molecule is CC(C)(C)c1ccc2c(c1)-c1cc(C(C)(C)C)cc3c1C2B1c2c(cc4c(c2-3)CCCC4)-n2c3ccc(C(C)(C)C)cc3c3cc(C(C)(C)C)cc1c32. The van der Waals surface area contributed by atoms with Crippen molar-refractivity contribution in [3.05, 3.63) is 111 Å². The van der Waals surface area contributed by atoms with Crippen molar-refractivity contribution < 1.29 is 0 Å². The van der Waals surface area contributed by atoms with Crippen molar-refractivity contribution in [2.45, 2.75) is 136 Å². The number of fused-ring (bicyclic) bond motifs is 12. The second-order valence-electron chi connectivity index (χ2n) is 21.3. The smallest absolute Gasteiger partial charge is 0.227 e. The topological polar surface area (TPSA) is 4.93 Å². The van der Waals surface area contributed by atoms with Gasteiger partial charge in [-0.15, -0.1) is 0 Å². The molecule has 0 radical (unpaired) electrons. The molecule has 6 aromatic rings. The van der Waals surface area contributed by atoms with Crippen molar-refractivity contribution in [3.8, 4) is 27.9 Å². The predicted octanol–water partition coefficient (Wildman–Crippen LogP) is 12.1. The van der Waals surface area contributed by atoms with Crippen molar-refractivity contribution in [1.82, 2.24) is 4.57 Å². The summed E-state index contributed by atoms with van der Waals surface area (Å²) in [6, 6.07) is 28.1. The fraction of sp³-hybridized carbons (Fsp3) is 0.412. The standard InChI is InChI=1S/C51H56BN/c1-48(2,3)29-17-19-34-35(22-29)37-24-31(50(7,8)9)26-39-43-33-16-14-13-15-28(33)21-42-46(43)52(45(34)44(37)39)40-27-32(51(10,11)12)25-38-36-23-30(49(4,5)6)18-20-41(36)53(42)47(38)40/h17-27,45H,13-16H2,1-12H3. The molecule has 0 saturated heterocycles. The van der Waals surface area contributed by atoms with Crippen LogP contribution in [0.1, 0.15) is 146 Å². The van der Waals surface area contributed by atoms with E-state index in [1.54, 1.807) is 27.7 Å². The van der Waals surface area contributed by atoms with E-state index in [0.717, 1.165) is 0 Å².